The first kappa shape index (κ1) is 18.3. The molecular formula is C19H17Cl2N3O2. The molecule has 3 rings (SSSR count). The van der Waals surface area contributed by atoms with Gasteiger partial charge in [-0.1, -0.05) is 29.3 Å². The van der Waals surface area contributed by atoms with Gasteiger partial charge in [0.05, 0.1) is 12.9 Å². The molecule has 7 heteroatoms. The van der Waals surface area contributed by atoms with Gasteiger partial charge in [-0.15, -0.1) is 0 Å². The Morgan fingerprint density at radius 1 is 1.23 bits per heavy atom. The Labute approximate surface area is 161 Å². The number of rotatable bonds is 7. The van der Waals surface area contributed by atoms with Crippen LogP contribution < -0.4 is 9.64 Å². The molecule has 5 nitrogen and oxygen atoms in total. The first-order chi connectivity index (χ1) is 12.6. The number of ether oxygens (including phenoxy) is 1. The van der Waals surface area contributed by atoms with Gasteiger partial charge in [-0.2, -0.15) is 0 Å². The highest BCUT2D eigenvalue weighted by atomic mass is 35.5. The molecular weight excluding hydrogens is 373 g/mol. The summed E-state index contributed by atoms with van der Waals surface area (Å²) in [7, 11) is 1.69. The van der Waals surface area contributed by atoms with E-state index in [1.54, 1.807) is 31.7 Å². The topological polar surface area (TPSA) is 47.4 Å². The minimum atomic E-state index is -0.330. The molecule has 1 unspecified atom stereocenters. The monoisotopic (exact) mass is 389 g/mol. The Morgan fingerprint density at radius 2 is 2.00 bits per heavy atom. The fourth-order valence-electron chi connectivity index (χ4n) is 2.53. The molecule has 0 saturated heterocycles. The van der Waals surface area contributed by atoms with Gasteiger partial charge >= 0.3 is 0 Å². The lowest BCUT2D eigenvalue weighted by Crippen LogP contribution is -2.16. The van der Waals surface area contributed by atoms with Crippen molar-refractivity contribution in [1.82, 2.24) is 9.55 Å². The summed E-state index contributed by atoms with van der Waals surface area (Å²) in [4.78, 5) is 16.4. The highest BCUT2D eigenvalue weighted by molar-refractivity contribution is 6.35. The number of carbonyl (C=O) groups is 1. The molecule has 3 aromatic rings. The van der Waals surface area contributed by atoms with Gasteiger partial charge in [0.15, 0.2) is 0 Å². The minimum absolute atomic E-state index is 0.330. The third-order valence-corrected chi connectivity index (χ3v) is 4.49. The van der Waals surface area contributed by atoms with Crippen molar-refractivity contribution < 1.29 is 9.53 Å². The van der Waals surface area contributed by atoms with Crippen LogP contribution in [0.1, 0.15) is 11.7 Å². The lowest BCUT2D eigenvalue weighted by Gasteiger charge is -2.22. The van der Waals surface area contributed by atoms with E-state index in [1.807, 2.05) is 41.1 Å². The van der Waals surface area contributed by atoms with Gasteiger partial charge in [0, 0.05) is 40.7 Å². The van der Waals surface area contributed by atoms with Crippen LogP contribution in [0.5, 0.6) is 5.75 Å². The molecule has 1 heterocycles. The van der Waals surface area contributed by atoms with Crippen LogP contribution in [0.25, 0.3) is 0 Å². The standard InChI is InChI=1S/C19H17Cl2N3O2/c1-23(13-25)15-3-5-16(6-4-15)26-19(11-24-9-8-22-12-24)17-7-2-14(20)10-18(17)21/h2-10,12-13,19H,11H2,1H3. The van der Waals surface area contributed by atoms with Crippen molar-refractivity contribution in [1.29, 1.82) is 0 Å². The summed E-state index contributed by atoms with van der Waals surface area (Å²) in [5.74, 6) is 0.671. The van der Waals surface area contributed by atoms with Gasteiger partial charge in [0.25, 0.3) is 0 Å². The van der Waals surface area contributed by atoms with Gasteiger partial charge < -0.3 is 14.2 Å². The second-order valence-corrected chi connectivity index (χ2v) is 6.59. The molecule has 0 bridgehead atoms. The van der Waals surface area contributed by atoms with Gasteiger partial charge in [0.2, 0.25) is 6.41 Å². The lowest BCUT2D eigenvalue weighted by atomic mass is 10.1. The van der Waals surface area contributed by atoms with Crippen molar-refractivity contribution in [3.63, 3.8) is 0 Å². The maximum Gasteiger partial charge on any atom is 0.213 e. The predicted molar refractivity (Wildman–Crippen MR) is 103 cm³/mol. The molecule has 0 saturated carbocycles. The Balaban J connectivity index is 1.86. The molecule has 26 heavy (non-hydrogen) atoms. The summed E-state index contributed by atoms with van der Waals surface area (Å²) >= 11 is 12.4. The van der Waals surface area contributed by atoms with Crippen molar-refractivity contribution in [2.45, 2.75) is 12.6 Å². The van der Waals surface area contributed by atoms with Crippen LogP contribution in [-0.2, 0) is 11.3 Å². The molecule has 0 aliphatic heterocycles. The lowest BCUT2D eigenvalue weighted by molar-refractivity contribution is -0.107. The zero-order chi connectivity index (χ0) is 18.5. The fourth-order valence-corrected chi connectivity index (χ4v) is 3.06. The number of amides is 1. The number of anilines is 1. The van der Waals surface area contributed by atoms with Gasteiger partial charge in [-0.05, 0) is 36.4 Å². The van der Waals surface area contributed by atoms with E-state index in [0.717, 1.165) is 17.7 Å². The van der Waals surface area contributed by atoms with Gasteiger partial charge in [-0.3, -0.25) is 4.79 Å². The molecule has 0 radical (unpaired) electrons. The third kappa shape index (κ3) is 4.36. The van der Waals surface area contributed by atoms with Crippen LogP contribution in [0.2, 0.25) is 10.0 Å². The Hall–Kier alpha value is -2.50. The molecule has 1 atom stereocenters. The van der Waals surface area contributed by atoms with E-state index in [4.69, 9.17) is 27.9 Å². The molecule has 2 aromatic carbocycles. The van der Waals surface area contributed by atoms with Crippen molar-refractivity contribution in [2.75, 3.05) is 11.9 Å². The molecule has 134 valence electrons. The summed E-state index contributed by atoms with van der Waals surface area (Å²) in [6.45, 7) is 0.539. The van der Waals surface area contributed by atoms with Crippen LogP contribution in [0, 0.1) is 0 Å². The minimum Gasteiger partial charge on any atom is -0.484 e. The first-order valence-corrected chi connectivity index (χ1v) is 8.68. The van der Waals surface area contributed by atoms with E-state index >= 15 is 0 Å². The van der Waals surface area contributed by atoms with E-state index in [0.29, 0.717) is 22.3 Å². The smallest absolute Gasteiger partial charge is 0.213 e. The largest absolute Gasteiger partial charge is 0.484 e. The number of imidazole rings is 1. The van der Waals surface area contributed by atoms with E-state index in [1.165, 1.54) is 4.90 Å². The number of halogens is 2. The first-order valence-electron chi connectivity index (χ1n) is 7.92. The van der Waals surface area contributed by atoms with Crippen LogP contribution in [0.15, 0.2) is 61.2 Å². The van der Waals surface area contributed by atoms with E-state index in [9.17, 15) is 4.79 Å². The van der Waals surface area contributed by atoms with E-state index in [2.05, 4.69) is 4.98 Å². The summed E-state index contributed by atoms with van der Waals surface area (Å²) in [5.41, 5.74) is 1.61. The van der Waals surface area contributed by atoms with Crippen LogP contribution in [0.4, 0.5) is 5.69 Å². The highest BCUT2D eigenvalue weighted by Gasteiger charge is 2.18. The van der Waals surface area contributed by atoms with Crippen molar-refractivity contribution in [2.24, 2.45) is 0 Å². The summed E-state index contributed by atoms with van der Waals surface area (Å²) in [5, 5.41) is 1.11. The zero-order valence-electron chi connectivity index (χ0n) is 14.0. The van der Waals surface area contributed by atoms with Crippen LogP contribution >= 0.6 is 23.2 Å². The second kappa shape index (κ2) is 8.25. The fraction of sp³-hybridized carbons (Fsp3) is 0.158. The van der Waals surface area contributed by atoms with Crippen LogP contribution in [-0.4, -0.2) is 23.0 Å². The summed E-state index contributed by atoms with van der Waals surface area (Å²) in [6.07, 6.45) is 5.73. The summed E-state index contributed by atoms with van der Waals surface area (Å²) < 4.78 is 8.10. The zero-order valence-corrected chi connectivity index (χ0v) is 15.6. The van der Waals surface area contributed by atoms with Crippen molar-refractivity contribution in [3.8, 4) is 5.75 Å². The number of carbonyl (C=O) groups excluding carboxylic acids is 1. The van der Waals surface area contributed by atoms with E-state index < -0.39 is 0 Å². The number of benzene rings is 2. The quantitative estimate of drug-likeness (QED) is 0.554. The highest BCUT2D eigenvalue weighted by Crippen LogP contribution is 2.31. The molecule has 0 N–H and O–H groups in total. The number of aromatic nitrogens is 2. The normalized spacial score (nSPS) is 11.8. The average Bonchev–Trinajstić information content (AvgIpc) is 3.14. The van der Waals surface area contributed by atoms with Crippen LogP contribution in [0.3, 0.4) is 0 Å². The number of hydrogen-bond donors (Lipinski definition) is 0. The Bertz CT molecular complexity index is 867. The maximum absolute atomic E-state index is 10.9. The summed E-state index contributed by atoms with van der Waals surface area (Å²) in [6, 6.07) is 12.6. The molecule has 1 amide bonds. The number of hydrogen-bond acceptors (Lipinski definition) is 3. The second-order valence-electron chi connectivity index (χ2n) is 5.74. The molecule has 0 spiro atoms. The van der Waals surface area contributed by atoms with E-state index in [-0.39, 0.29) is 6.10 Å². The molecule has 0 aliphatic rings. The van der Waals surface area contributed by atoms with Crippen molar-refractivity contribution in [3.05, 3.63) is 76.8 Å². The average molecular weight is 390 g/mol. The predicted octanol–water partition coefficient (Wildman–Crippen LogP) is 4.60. The number of nitrogens with zero attached hydrogens (tertiary/aromatic N) is 3. The third-order valence-electron chi connectivity index (χ3n) is 3.93. The SMILES string of the molecule is CN(C=O)c1ccc(OC(Cn2ccnc2)c2ccc(Cl)cc2Cl)cc1. The molecule has 1 aromatic heterocycles. The Morgan fingerprint density at radius 3 is 2.62 bits per heavy atom. The Kier molecular flexibility index (Phi) is 5.81. The molecule has 0 fully saturated rings. The van der Waals surface area contributed by atoms with Gasteiger partial charge in [0.1, 0.15) is 11.9 Å². The van der Waals surface area contributed by atoms with Crippen molar-refractivity contribution >= 4 is 35.3 Å². The maximum atomic E-state index is 10.9. The van der Waals surface area contributed by atoms with Gasteiger partial charge in [-0.25, -0.2) is 4.98 Å². The molecule has 0 aliphatic carbocycles.